The largest absolute Gasteiger partial charge is 0.394 e. The van der Waals surface area contributed by atoms with E-state index in [-0.39, 0.29) is 23.0 Å². The van der Waals surface area contributed by atoms with Crippen LogP contribution in [0.2, 0.25) is 0 Å². The molecule has 1 aliphatic carbocycles. The number of hydrogen-bond acceptors (Lipinski definition) is 5. The molecule has 1 aliphatic heterocycles. The number of rotatable bonds is 3. The summed E-state index contributed by atoms with van der Waals surface area (Å²) in [6, 6.07) is 0. The van der Waals surface area contributed by atoms with Crippen LogP contribution in [0.1, 0.15) is 51.6 Å². The van der Waals surface area contributed by atoms with Crippen LogP contribution in [0.25, 0.3) is 0 Å². The molecule has 0 saturated heterocycles. The minimum absolute atomic E-state index is 0.0114. The van der Waals surface area contributed by atoms with Crippen molar-refractivity contribution in [2.45, 2.75) is 67.6 Å². The van der Waals surface area contributed by atoms with E-state index in [9.17, 15) is 18.1 Å². The molecular weight excluding hydrogens is 324 g/mol. The Balaban J connectivity index is 2.10. The fourth-order valence-electron chi connectivity index (χ4n) is 2.82. The smallest absolute Gasteiger partial charge is 0.331 e. The molecule has 1 aromatic rings. The SMILES string of the molecule is CC(C)(C)c1nc2c(c(NC3(CO)CCC3)n1)S(=O)C(F)(F)C2. The Morgan fingerprint density at radius 3 is 2.43 bits per heavy atom. The molecule has 1 aromatic heterocycles. The van der Waals surface area contributed by atoms with Crippen LogP contribution in [0.5, 0.6) is 0 Å². The van der Waals surface area contributed by atoms with Crippen molar-refractivity contribution < 1.29 is 18.1 Å². The van der Waals surface area contributed by atoms with Gasteiger partial charge < -0.3 is 10.4 Å². The lowest BCUT2D eigenvalue weighted by molar-refractivity contribution is 0.104. The molecule has 2 N–H and O–H groups in total. The van der Waals surface area contributed by atoms with E-state index in [1.165, 1.54) is 0 Å². The lowest BCUT2D eigenvalue weighted by Gasteiger charge is -2.41. The van der Waals surface area contributed by atoms with E-state index in [0.29, 0.717) is 5.82 Å². The van der Waals surface area contributed by atoms with E-state index in [1.54, 1.807) is 0 Å². The summed E-state index contributed by atoms with van der Waals surface area (Å²) in [5.41, 5.74) is -0.834. The van der Waals surface area contributed by atoms with Gasteiger partial charge in [-0.1, -0.05) is 20.8 Å². The van der Waals surface area contributed by atoms with Gasteiger partial charge in [-0.2, -0.15) is 8.78 Å². The predicted molar refractivity (Wildman–Crippen MR) is 83.1 cm³/mol. The van der Waals surface area contributed by atoms with E-state index >= 15 is 0 Å². The van der Waals surface area contributed by atoms with Crippen LogP contribution < -0.4 is 5.32 Å². The van der Waals surface area contributed by atoms with Gasteiger partial charge in [0.05, 0.1) is 24.3 Å². The molecule has 1 unspecified atom stereocenters. The second kappa shape index (κ2) is 5.17. The molecular formula is C15H21F2N3O2S. The van der Waals surface area contributed by atoms with Crippen molar-refractivity contribution >= 4 is 16.6 Å². The minimum Gasteiger partial charge on any atom is -0.394 e. The molecule has 3 rings (SSSR count). The summed E-state index contributed by atoms with van der Waals surface area (Å²) >= 11 is 0. The fraction of sp³-hybridized carbons (Fsp3) is 0.733. The highest BCUT2D eigenvalue weighted by Crippen LogP contribution is 2.44. The zero-order valence-corrected chi connectivity index (χ0v) is 14.3. The number of nitrogens with zero attached hydrogens (tertiary/aromatic N) is 2. The van der Waals surface area contributed by atoms with Gasteiger partial charge in [-0.25, -0.2) is 14.2 Å². The van der Waals surface area contributed by atoms with Crippen molar-refractivity contribution in [1.82, 2.24) is 9.97 Å². The Bertz CT molecular complexity index is 664. The van der Waals surface area contributed by atoms with Crippen molar-refractivity contribution in [3.05, 3.63) is 11.5 Å². The van der Waals surface area contributed by atoms with Crippen molar-refractivity contribution in [3.8, 4) is 0 Å². The summed E-state index contributed by atoms with van der Waals surface area (Å²) in [6.07, 6.45) is 1.78. The predicted octanol–water partition coefficient (Wildman–Crippen LogP) is 2.36. The number of hydrogen-bond donors (Lipinski definition) is 2. The number of alkyl halides is 2. The molecule has 8 heteroatoms. The van der Waals surface area contributed by atoms with Crippen molar-refractivity contribution in [2.24, 2.45) is 0 Å². The normalized spacial score (nSPS) is 24.9. The number of halogens is 2. The molecule has 5 nitrogen and oxygen atoms in total. The number of aliphatic hydroxyl groups excluding tert-OH is 1. The van der Waals surface area contributed by atoms with Crippen LogP contribution in [-0.4, -0.2) is 36.7 Å². The number of anilines is 1. The Hall–Kier alpha value is -1.15. The van der Waals surface area contributed by atoms with Crippen LogP contribution in [0.3, 0.4) is 0 Å². The van der Waals surface area contributed by atoms with E-state index in [0.717, 1.165) is 19.3 Å². The third-order valence-electron chi connectivity index (χ3n) is 4.43. The molecule has 0 amide bonds. The average Bonchev–Trinajstić information content (AvgIpc) is 2.63. The standard InChI is InChI=1S/C15H21F2N3O2S/c1-13(2,3)12-18-9-7-15(16,17)23(22)10(9)11(19-12)20-14(8-21)5-4-6-14/h21H,4-8H2,1-3H3,(H,18,19,20). The highest BCUT2D eigenvalue weighted by molar-refractivity contribution is 7.86. The molecule has 2 aliphatic rings. The monoisotopic (exact) mass is 345 g/mol. The summed E-state index contributed by atoms with van der Waals surface area (Å²) in [5, 5.41) is 9.39. The van der Waals surface area contributed by atoms with Crippen LogP contribution in [0, 0.1) is 0 Å². The average molecular weight is 345 g/mol. The Kier molecular flexibility index (Phi) is 3.76. The van der Waals surface area contributed by atoms with Crippen LogP contribution in [0.15, 0.2) is 4.90 Å². The first kappa shape index (κ1) is 16.7. The van der Waals surface area contributed by atoms with Gasteiger partial charge in [0, 0.05) is 5.41 Å². The highest BCUT2D eigenvalue weighted by Gasteiger charge is 2.50. The van der Waals surface area contributed by atoms with E-state index < -0.39 is 33.4 Å². The zero-order chi connectivity index (χ0) is 17.0. The summed E-state index contributed by atoms with van der Waals surface area (Å²) in [4.78, 5) is 8.62. The Labute approximate surface area is 136 Å². The molecule has 0 bridgehead atoms. The molecule has 1 atom stereocenters. The quantitative estimate of drug-likeness (QED) is 0.880. The van der Waals surface area contributed by atoms with Crippen LogP contribution in [-0.2, 0) is 22.6 Å². The number of nitrogens with one attached hydrogen (secondary N) is 1. The molecule has 0 spiro atoms. The number of aromatic nitrogens is 2. The van der Waals surface area contributed by atoms with E-state index in [1.807, 2.05) is 20.8 Å². The summed E-state index contributed by atoms with van der Waals surface area (Å²) in [6.45, 7) is 5.58. The van der Waals surface area contributed by atoms with Crippen LogP contribution >= 0.6 is 0 Å². The van der Waals surface area contributed by atoms with Crippen LogP contribution in [0.4, 0.5) is 14.6 Å². The first-order valence-corrected chi connectivity index (χ1v) is 8.83. The number of aliphatic hydroxyl groups is 1. The summed E-state index contributed by atoms with van der Waals surface area (Å²) in [7, 11) is -2.47. The third-order valence-corrected chi connectivity index (χ3v) is 5.92. The molecule has 23 heavy (non-hydrogen) atoms. The summed E-state index contributed by atoms with van der Waals surface area (Å²) < 4.78 is 40.0. The van der Waals surface area contributed by atoms with Crippen molar-refractivity contribution in [2.75, 3.05) is 11.9 Å². The van der Waals surface area contributed by atoms with Gasteiger partial charge >= 0.3 is 5.25 Å². The maximum atomic E-state index is 13.9. The first-order valence-electron chi connectivity index (χ1n) is 7.68. The van der Waals surface area contributed by atoms with Gasteiger partial charge in [0.15, 0.2) is 0 Å². The maximum absolute atomic E-state index is 13.9. The van der Waals surface area contributed by atoms with E-state index in [4.69, 9.17) is 0 Å². The molecule has 0 radical (unpaired) electrons. The fourth-order valence-corrected chi connectivity index (χ4v) is 3.99. The Morgan fingerprint density at radius 2 is 1.96 bits per heavy atom. The highest BCUT2D eigenvalue weighted by atomic mass is 32.2. The summed E-state index contributed by atoms with van der Waals surface area (Å²) in [5.74, 6) is 0.616. The maximum Gasteiger partial charge on any atom is 0.331 e. The topological polar surface area (TPSA) is 75.1 Å². The van der Waals surface area contributed by atoms with Gasteiger partial charge in [-0.05, 0) is 19.3 Å². The minimum atomic E-state index is -3.32. The molecule has 2 heterocycles. The van der Waals surface area contributed by atoms with Gasteiger partial charge in [0.25, 0.3) is 0 Å². The number of fused-ring (bicyclic) bond motifs is 1. The second-order valence-electron chi connectivity index (χ2n) is 7.42. The lowest BCUT2D eigenvalue weighted by Crippen LogP contribution is -2.49. The van der Waals surface area contributed by atoms with Gasteiger partial charge in [-0.15, -0.1) is 0 Å². The molecule has 1 fully saturated rings. The first-order chi connectivity index (χ1) is 10.6. The zero-order valence-electron chi connectivity index (χ0n) is 13.4. The second-order valence-corrected chi connectivity index (χ2v) is 8.96. The Morgan fingerprint density at radius 1 is 1.30 bits per heavy atom. The van der Waals surface area contributed by atoms with Gasteiger partial charge in [0.2, 0.25) is 0 Å². The van der Waals surface area contributed by atoms with Gasteiger partial charge in [0.1, 0.15) is 27.3 Å². The van der Waals surface area contributed by atoms with Gasteiger partial charge in [-0.3, -0.25) is 0 Å². The van der Waals surface area contributed by atoms with Crippen molar-refractivity contribution in [3.63, 3.8) is 0 Å². The molecule has 1 saturated carbocycles. The molecule has 128 valence electrons. The van der Waals surface area contributed by atoms with E-state index in [2.05, 4.69) is 15.3 Å². The lowest BCUT2D eigenvalue weighted by atomic mass is 9.77. The van der Waals surface area contributed by atoms with Crippen molar-refractivity contribution in [1.29, 1.82) is 0 Å². The third kappa shape index (κ3) is 2.76. The molecule has 0 aromatic carbocycles.